The molecule has 4 heteroatoms. The Bertz CT molecular complexity index is 558. The van der Waals surface area contributed by atoms with E-state index in [1.165, 1.54) is 24.8 Å². The number of benzene rings is 2. The number of hydrogen-bond donors (Lipinski definition) is 2. The third-order valence-corrected chi connectivity index (χ3v) is 4.04. The van der Waals surface area contributed by atoms with Gasteiger partial charge in [-0.25, -0.2) is 0 Å². The van der Waals surface area contributed by atoms with Gasteiger partial charge in [0.2, 0.25) is 0 Å². The van der Waals surface area contributed by atoms with Gasteiger partial charge in [0.05, 0.1) is 13.2 Å². The van der Waals surface area contributed by atoms with E-state index in [0.29, 0.717) is 6.54 Å². The molecular weight excluding hydrogens is 312 g/mol. The molecule has 0 fully saturated rings. The Morgan fingerprint density at radius 3 is 2.12 bits per heavy atom. The summed E-state index contributed by atoms with van der Waals surface area (Å²) in [7, 11) is 0. The number of nitrogens with two attached hydrogens (primary N) is 1. The predicted molar refractivity (Wildman–Crippen MR) is 102 cm³/mol. The first-order chi connectivity index (χ1) is 12.4. The van der Waals surface area contributed by atoms with Gasteiger partial charge in [-0.05, 0) is 36.1 Å². The summed E-state index contributed by atoms with van der Waals surface area (Å²) in [5.74, 6) is 0.926. The molecule has 4 nitrogen and oxygen atoms in total. The molecule has 136 valence electrons. The minimum Gasteiger partial charge on any atom is -0.494 e. The van der Waals surface area contributed by atoms with E-state index in [1.54, 1.807) is 0 Å². The maximum absolute atomic E-state index is 5.73. The normalized spacial score (nSPS) is 10.8. The quantitative estimate of drug-likeness (QED) is 0.423. The maximum atomic E-state index is 5.73. The monoisotopic (exact) mass is 342 g/mol. The highest BCUT2D eigenvalue weighted by Gasteiger charge is 1.96. The van der Waals surface area contributed by atoms with Crippen LogP contribution in [-0.2, 0) is 17.9 Å². The number of rotatable bonds is 13. The van der Waals surface area contributed by atoms with E-state index in [9.17, 15) is 0 Å². The van der Waals surface area contributed by atoms with Crippen molar-refractivity contribution in [3.05, 3.63) is 65.7 Å². The fourth-order valence-corrected chi connectivity index (χ4v) is 2.52. The van der Waals surface area contributed by atoms with Crippen LogP contribution in [0.4, 0.5) is 0 Å². The highest BCUT2D eigenvalue weighted by atomic mass is 16.6. The van der Waals surface area contributed by atoms with Crippen molar-refractivity contribution >= 4 is 0 Å². The summed E-state index contributed by atoms with van der Waals surface area (Å²) >= 11 is 0. The molecule has 0 bridgehead atoms. The number of hydrogen-bond acceptors (Lipinski definition) is 4. The van der Waals surface area contributed by atoms with Gasteiger partial charge in [0.25, 0.3) is 0 Å². The van der Waals surface area contributed by atoms with Crippen LogP contribution in [0.1, 0.15) is 43.2 Å². The summed E-state index contributed by atoms with van der Waals surface area (Å²) < 4.78 is 5.73. The zero-order valence-electron chi connectivity index (χ0n) is 15.0. The molecule has 0 radical (unpaired) electrons. The molecule has 2 rings (SSSR count). The van der Waals surface area contributed by atoms with Gasteiger partial charge in [-0.1, -0.05) is 61.7 Å². The highest BCUT2D eigenvalue weighted by Crippen LogP contribution is 2.13. The van der Waals surface area contributed by atoms with Gasteiger partial charge in [0.15, 0.2) is 0 Å². The number of hydroxylamine groups is 1. The molecule has 0 amide bonds. The molecule has 2 aromatic carbocycles. The van der Waals surface area contributed by atoms with Gasteiger partial charge < -0.3 is 15.3 Å². The molecule has 2 aromatic rings. The first kappa shape index (κ1) is 19.4. The van der Waals surface area contributed by atoms with Gasteiger partial charge >= 0.3 is 0 Å². The van der Waals surface area contributed by atoms with Crippen LogP contribution in [0.5, 0.6) is 5.75 Å². The van der Waals surface area contributed by atoms with E-state index in [4.69, 9.17) is 15.3 Å². The lowest BCUT2D eigenvalue weighted by atomic mass is 10.1. The molecule has 0 aliphatic heterocycles. The third-order valence-electron chi connectivity index (χ3n) is 4.04. The Hall–Kier alpha value is -1.88. The van der Waals surface area contributed by atoms with Gasteiger partial charge in [0.1, 0.15) is 5.75 Å². The molecule has 0 saturated carbocycles. The largest absolute Gasteiger partial charge is 0.494 e. The van der Waals surface area contributed by atoms with Crippen molar-refractivity contribution in [2.45, 2.75) is 45.2 Å². The summed E-state index contributed by atoms with van der Waals surface area (Å²) in [6.07, 6.45) is 5.78. The van der Waals surface area contributed by atoms with Crippen molar-refractivity contribution in [1.29, 1.82) is 0 Å². The molecule has 0 atom stereocenters. The Morgan fingerprint density at radius 1 is 0.720 bits per heavy atom. The lowest BCUT2D eigenvalue weighted by Crippen LogP contribution is -2.14. The number of ether oxygens (including phenoxy) is 1. The van der Waals surface area contributed by atoms with E-state index in [0.717, 1.165) is 43.9 Å². The summed E-state index contributed by atoms with van der Waals surface area (Å²) in [6, 6.07) is 18.3. The molecule has 0 saturated heterocycles. The first-order valence-electron chi connectivity index (χ1n) is 9.19. The molecule has 25 heavy (non-hydrogen) atoms. The lowest BCUT2D eigenvalue weighted by Gasteiger charge is -2.07. The maximum Gasteiger partial charge on any atom is 0.119 e. The Kier molecular flexibility index (Phi) is 9.71. The Balaban J connectivity index is 1.37. The van der Waals surface area contributed by atoms with Crippen molar-refractivity contribution in [3.8, 4) is 5.75 Å². The van der Waals surface area contributed by atoms with Crippen LogP contribution >= 0.6 is 0 Å². The fraction of sp³-hybridized carbons (Fsp3) is 0.429. The third kappa shape index (κ3) is 8.68. The molecule has 0 heterocycles. The van der Waals surface area contributed by atoms with Gasteiger partial charge in [-0.15, -0.1) is 0 Å². The summed E-state index contributed by atoms with van der Waals surface area (Å²) in [5, 5.41) is 0. The summed E-state index contributed by atoms with van der Waals surface area (Å²) in [4.78, 5) is 5.46. The number of nitrogens with one attached hydrogen (secondary N) is 1. The van der Waals surface area contributed by atoms with Crippen LogP contribution in [0.2, 0.25) is 0 Å². The van der Waals surface area contributed by atoms with Crippen LogP contribution in [-0.4, -0.2) is 13.2 Å². The Labute approximate surface area is 151 Å². The predicted octanol–water partition coefficient (Wildman–Crippen LogP) is 4.20. The topological polar surface area (TPSA) is 56.5 Å². The van der Waals surface area contributed by atoms with Crippen molar-refractivity contribution in [3.63, 3.8) is 0 Å². The second-order valence-electron chi connectivity index (χ2n) is 6.12. The first-order valence-corrected chi connectivity index (χ1v) is 9.19. The van der Waals surface area contributed by atoms with Gasteiger partial charge in [-0.3, -0.25) is 0 Å². The van der Waals surface area contributed by atoms with Gasteiger partial charge in [0, 0.05) is 13.1 Å². The minimum absolute atomic E-state index is 0.575. The zero-order valence-corrected chi connectivity index (χ0v) is 15.0. The second-order valence-corrected chi connectivity index (χ2v) is 6.12. The van der Waals surface area contributed by atoms with E-state index >= 15 is 0 Å². The summed E-state index contributed by atoms with van der Waals surface area (Å²) in [5.41, 5.74) is 11.0. The van der Waals surface area contributed by atoms with Crippen LogP contribution < -0.4 is 16.0 Å². The standard InChI is InChI=1S/C21H30N2O2/c22-17-19-11-13-21(14-12-19)24-15-7-2-1-3-8-16-25-23-18-20-9-5-4-6-10-20/h4-6,9-14,23H,1-3,7-8,15-18,22H2. The second kappa shape index (κ2) is 12.5. The van der Waals surface area contributed by atoms with E-state index < -0.39 is 0 Å². The molecule has 3 N–H and O–H groups in total. The van der Waals surface area contributed by atoms with Crippen molar-refractivity contribution in [2.75, 3.05) is 13.2 Å². The summed E-state index contributed by atoms with van der Waals surface area (Å²) in [6.45, 7) is 2.87. The average Bonchev–Trinajstić information content (AvgIpc) is 2.67. The van der Waals surface area contributed by atoms with Crippen molar-refractivity contribution < 1.29 is 9.57 Å². The van der Waals surface area contributed by atoms with Crippen LogP contribution in [0.25, 0.3) is 0 Å². The smallest absolute Gasteiger partial charge is 0.119 e. The molecule has 0 aromatic heterocycles. The molecule has 0 unspecified atom stereocenters. The van der Waals surface area contributed by atoms with Gasteiger partial charge in [-0.2, -0.15) is 5.48 Å². The molecule has 0 spiro atoms. The Morgan fingerprint density at radius 2 is 1.40 bits per heavy atom. The van der Waals surface area contributed by atoms with E-state index in [2.05, 4.69) is 17.6 Å². The molecule has 0 aliphatic rings. The average molecular weight is 342 g/mol. The van der Waals surface area contributed by atoms with Crippen molar-refractivity contribution in [1.82, 2.24) is 5.48 Å². The van der Waals surface area contributed by atoms with Crippen molar-refractivity contribution in [2.24, 2.45) is 5.73 Å². The highest BCUT2D eigenvalue weighted by molar-refractivity contribution is 5.27. The molecule has 0 aliphatic carbocycles. The lowest BCUT2D eigenvalue weighted by molar-refractivity contribution is 0.0340. The zero-order chi connectivity index (χ0) is 17.6. The van der Waals surface area contributed by atoms with E-state index in [1.807, 2.05) is 42.5 Å². The minimum atomic E-state index is 0.575. The SMILES string of the molecule is NCc1ccc(OCCCCCCCONCc2ccccc2)cc1. The van der Waals surface area contributed by atoms with Crippen LogP contribution in [0.3, 0.4) is 0 Å². The molecular formula is C21H30N2O2. The fourth-order valence-electron chi connectivity index (χ4n) is 2.52. The number of unbranched alkanes of at least 4 members (excludes halogenated alkanes) is 4. The van der Waals surface area contributed by atoms with E-state index in [-0.39, 0.29) is 0 Å². The van der Waals surface area contributed by atoms with Crippen LogP contribution in [0.15, 0.2) is 54.6 Å². The van der Waals surface area contributed by atoms with Crippen LogP contribution in [0, 0.1) is 0 Å².